The quantitative estimate of drug-likeness (QED) is 0.345. The summed E-state index contributed by atoms with van der Waals surface area (Å²) in [6.07, 6.45) is -0.479. The van der Waals surface area contributed by atoms with E-state index in [0.717, 1.165) is 18.6 Å². The Balaban J connectivity index is 1.84. The zero-order valence-electron chi connectivity index (χ0n) is 18.7. The lowest BCUT2D eigenvalue weighted by Crippen LogP contribution is -2.14. The lowest BCUT2D eigenvalue weighted by Gasteiger charge is -2.14. The molecule has 178 valence electrons. The first-order chi connectivity index (χ1) is 16.1. The number of nitrogens with two attached hydrogens (primary N) is 1. The van der Waals surface area contributed by atoms with E-state index in [1.54, 1.807) is 25.1 Å². The van der Waals surface area contributed by atoms with Gasteiger partial charge in [-0.3, -0.25) is 9.78 Å². The summed E-state index contributed by atoms with van der Waals surface area (Å²) in [7, 11) is 0. The van der Waals surface area contributed by atoms with Crippen LogP contribution in [-0.2, 0) is 22.1 Å². The van der Waals surface area contributed by atoms with Gasteiger partial charge in [-0.1, -0.05) is 25.5 Å². The molecule has 1 aromatic heterocycles. The molecule has 0 aliphatic heterocycles. The average molecular weight is 471 g/mol. The van der Waals surface area contributed by atoms with E-state index in [9.17, 15) is 22.8 Å². The lowest BCUT2D eigenvalue weighted by molar-refractivity contribution is -0.137. The van der Waals surface area contributed by atoms with Gasteiger partial charge >= 0.3 is 12.1 Å². The highest BCUT2D eigenvalue weighted by Crippen LogP contribution is 2.30. The molecule has 0 unspecified atom stereocenters. The Bertz CT molecular complexity index is 1240. The van der Waals surface area contributed by atoms with E-state index in [-0.39, 0.29) is 17.9 Å². The van der Waals surface area contributed by atoms with Gasteiger partial charge in [0.05, 0.1) is 29.1 Å². The second-order valence-corrected chi connectivity index (χ2v) is 7.49. The number of anilines is 2. The van der Waals surface area contributed by atoms with Gasteiger partial charge in [0.1, 0.15) is 5.56 Å². The van der Waals surface area contributed by atoms with Crippen molar-refractivity contribution in [2.45, 2.75) is 32.9 Å². The molecule has 9 heteroatoms. The molecule has 34 heavy (non-hydrogen) atoms. The number of pyridine rings is 1. The molecule has 0 aliphatic carbocycles. The van der Waals surface area contributed by atoms with Crippen molar-refractivity contribution in [1.82, 2.24) is 4.98 Å². The van der Waals surface area contributed by atoms with E-state index in [2.05, 4.69) is 10.3 Å². The molecule has 3 N–H and O–H groups in total. The van der Waals surface area contributed by atoms with Crippen LogP contribution < -0.4 is 11.1 Å². The van der Waals surface area contributed by atoms with Crippen LogP contribution in [0.2, 0.25) is 0 Å². The molecule has 0 bridgehead atoms. The molecule has 3 aromatic rings. The van der Waals surface area contributed by atoms with Gasteiger partial charge in [-0.05, 0) is 55.3 Å². The molecular weight excluding hydrogens is 447 g/mol. The number of hydrogen-bond donors (Lipinski definition) is 2. The second-order valence-electron chi connectivity index (χ2n) is 7.49. The molecule has 0 spiro atoms. The van der Waals surface area contributed by atoms with Gasteiger partial charge in [-0.2, -0.15) is 13.2 Å². The molecule has 2 aromatic carbocycles. The van der Waals surface area contributed by atoms with Crippen molar-refractivity contribution in [1.29, 1.82) is 0 Å². The first-order valence-electron chi connectivity index (χ1n) is 10.7. The molecule has 0 saturated carbocycles. The first-order valence-corrected chi connectivity index (χ1v) is 10.7. The zero-order chi connectivity index (χ0) is 24.9. The summed E-state index contributed by atoms with van der Waals surface area (Å²) in [6.45, 7) is 3.87. The topological polar surface area (TPSA) is 94.3 Å². The minimum atomic E-state index is -4.42. The molecular formula is C25H24F3N3O3. The molecule has 0 radical (unpaired) electrons. The van der Waals surface area contributed by atoms with E-state index < -0.39 is 23.6 Å². The van der Waals surface area contributed by atoms with Crippen molar-refractivity contribution in [3.8, 4) is 0 Å². The highest BCUT2D eigenvalue weighted by Gasteiger charge is 2.29. The van der Waals surface area contributed by atoms with Gasteiger partial charge < -0.3 is 15.8 Å². The van der Waals surface area contributed by atoms with Crippen molar-refractivity contribution in [3.63, 3.8) is 0 Å². The largest absolute Gasteiger partial charge is 0.462 e. The Hall–Kier alpha value is -3.88. The normalized spacial score (nSPS) is 11.7. The minimum Gasteiger partial charge on any atom is -0.462 e. The summed E-state index contributed by atoms with van der Waals surface area (Å²) in [5, 5.41) is 3.17. The lowest BCUT2D eigenvalue weighted by atomic mass is 10.0. The number of hydrogen-bond acceptors (Lipinski definition) is 5. The van der Waals surface area contributed by atoms with Crippen LogP contribution in [0.25, 0.3) is 17.0 Å². The molecule has 6 nitrogen and oxygen atoms in total. The van der Waals surface area contributed by atoms with Crippen molar-refractivity contribution in [3.05, 3.63) is 70.9 Å². The third kappa shape index (κ3) is 5.72. The zero-order valence-corrected chi connectivity index (χ0v) is 18.7. The number of aryl methyl sites for hydroxylation is 1. The number of aromatic nitrogens is 1. The van der Waals surface area contributed by atoms with Gasteiger partial charge in [0, 0.05) is 17.1 Å². The van der Waals surface area contributed by atoms with Crippen LogP contribution in [0.4, 0.5) is 24.5 Å². The number of nitrogens with one attached hydrogen (secondary N) is 1. The fraction of sp³-hybridized carbons (Fsp3) is 0.240. The van der Waals surface area contributed by atoms with Crippen LogP contribution in [0.15, 0.2) is 48.5 Å². The summed E-state index contributed by atoms with van der Waals surface area (Å²) in [6, 6.07) is 9.40. The average Bonchev–Trinajstić information content (AvgIpc) is 2.78. The number of amides is 1. The number of halogens is 3. The van der Waals surface area contributed by atoms with Gasteiger partial charge in [-0.15, -0.1) is 0 Å². The maximum absolute atomic E-state index is 12.7. The summed E-state index contributed by atoms with van der Waals surface area (Å²) >= 11 is 0. The Kier molecular flexibility index (Phi) is 7.55. The predicted molar refractivity (Wildman–Crippen MR) is 125 cm³/mol. The molecule has 1 amide bonds. The number of rotatable bonds is 7. The third-order valence-electron chi connectivity index (χ3n) is 5.00. The number of nitrogen functional groups attached to an aromatic ring is 1. The Morgan fingerprint density at radius 3 is 2.44 bits per heavy atom. The van der Waals surface area contributed by atoms with Gasteiger partial charge in [-0.25, -0.2) is 4.79 Å². The maximum atomic E-state index is 12.7. The fourth-order valence-electron chi connectivity index (χ4n) is 3.41. The monoisotopic (exact) mass is 471 g/mol. The summed E-state index contributed by atoms with van der Waals surface area (Å²) in [4.78, 5) is 29.4. The number of ether oxygens (including phenoxy) is 1. The van der Waals surface area contributed by atoms with Gasteiger partial charge in [0.15, 0.2) is 0 Å². The molecule has 0 aliphatic rings. The third-order valence-corrected chi connectivity index (χ3v) is 5.00. The maximum Gasteiger partial charge on any atom is 0.416 e. The smallest absolute Gasteiger partial charge is 0.416 e. The number of nitrogens with zero attached hydrogens (tertiary/aromatic N) is 1. The van der Waals surface area contributed by atoms with Crippen LogP contribution in [0, 0.1) is 0 Å². The molecule has 0 atom stereocenters. The van der Waals surface area contributed by atoms with Gasteiger partial charge in [0.25, 0.3) is 0 Å². The number of carbonyl (C=O) groups is 2. The summed E-state index contributed by atoms with van der Waals surface area (Å²) < 4.78 is 43.1. The Labute approximate surface area is 194 Å². The molecule has 3 rings (SSSR count). The second kappa shape index (κ2) is 10.4. The number of esters is 1. The van der Waals surface area contributed by atoms with E-state index >= 15 is 0 Å². The van der Waals surface area contributed by atoms with E-state index in [0.29, 0.717) is 34.3 Å². The van der Waals surface area contributed by atoms with Crippen molar-refractivity contribution in [2.24, 2.45) is 0 Å². The highest BCUT2D eigenvalue weighted by atomic mass is 19.4. The Morgan fingerprint density at radius 2 is 1.82 bits per heavy atom. The van der Waals surface area contributed by atoms with E-state index in [1.165, 1.54) is 24.3 Å². The Morgan fingerprint density at radius 1 is 1.12 bits per heavy atom. The summed E-state index contributed by atoms with van der Waals surface area (Å²) in [5.41, 5.74) is 7.99. The van der Waals surface area contributed by atoms with E-state index in [4.69, 9.17) is 10.5 Å². The molecule has 0 saturated heterocycles. The molecule has 0 fully saturated rings. The van der Waals surface area contributed by atoms with Crippen LogP contribution >= 0.6 is 0 Å². The number of benzene rings is 2. The number of carbonyl (C=O) groups excluding carboxylic acids is 2. The van der Waals surface area contributed by atoms with Crippen molar-refractivity contribution < 1.29 is 27.5 Å². The SMILES string of the molecule is CCCc1nc2ccc(NC(=O)C=Cc3ccc(C(F)(F)F)cc3)cc2c(N)c1C(=O)OCC. The fourth-order valence-corrected chi connectivity index (χ4v) is 3.41. The minimum absolute atomic E-state index is 0.198. The standard InChI is InChI=1S/C25H24F3N3O3/c1-3-5-20-22(24(33)34-4-2)23(29)18-14-17(11-12-19(18)31-20)30-21(32)13-8-15-6-9-16(10-7-15)25(26,27)28/h6-14H,3-5H2,1-2H3,(H2,29,31)(H,30,32). The predicted octanol–water partition coefficient (Wildman–Crippen LogP) is 5.62. The van der Waals surface area contributed by atoms with Crippen molar-refractivity contribution >= 4 is 40.2 Å². The van der Waals surface area contributed by atoms with Crippen LogP contribution in [0.3, 0.4) is 0 Å². The first kappa shape index (κ1) is 24.8. The van der Waals surface area contributed by atoms with Crippen molar-refractivity contribution in [2.75, 3.05) is 17.7 Å². The van der Waals surface area contributed by atoms with Crippen LogP contribution in [0.1, 0.15) is 47.4 Å². The van der Waals surface area contributed by atoms with Gasteiger partial charge in [0.2, 0.25) is 5.91 Å². The van der Waals surface area contributed by atoms with Crippen LogP contribution in [0.5, 0.6) is 0 Å². The summed E-state index contributed by atoms with van der Waals surface area (Å²) in [5.74, 6) is -1.04. The number of alkyl halides is 3. The number of fused-ring (bicyclic) bond motifs is 1. The van der Waals surface area contributed by atoms with E-state index in [1.807, 2.05) is 6.92 Å². The molecule has 1 heterocycles. The highest BCUT2D eigenvalue weighted by molar-refractivity contribution is 6.07. The van der Waals surface area contributed by atoms with Crippen LogP contribution in [-0.4, -0.2) is 23.5 Å².